The van der Waals surface area contributed by atoms with Crippen molar-refractivity contribution in [2.24, 2.45) is 5.92 Å². The zero-order valence-electron chi connectivity index (χ0n) is 10.6. The summed E-state index contributed by atoms with van der Waals surface area (Å²) in [6.07, 6.45) is 0. The Labute approximate surface area is 118 Å². The van der Waals surface area contributed by atoms with Gasteiger partial charge >= 0.3 is 0 Å². The first-order chi connectivity index (χ1) is 8.74. The summed E-state index contributed by atoms with van der Waals surface area (Å²) in [4.78, 5) is 13.3. The quantitative estimate of drug-likeness (QED) is 0.903. The third-order valence-electron chi connectivity index (χ3n) is 3.51. The van der Waals surface area contributed by atoms with Crippen LogP contribution in [0.3, 0.4) is 0 Å². The molecule has 0 spiro atoms. The average molecular weight is 334 g/mol. The van der Waals surface area contributed by atoms with Crippen molar-refractivity contribution in [2.75, 3.05) is 13.1 Å². The molecule has 0 radical (unpaired) electrons. The van der Waals surface area contributed by atoms with E-state index in [-0.39, 0.29) is 23.5 Å². The van der Waals surface area contributed by atoms with Crippen LogP contribution in [0.5, 0.6) is 0 Å². The molecule has 0 saturated carbocycles. The van der Waals surface area contributed by atoms with E-state index in [1.165, 1.54) is 4.90 Å². The second kappa shape index (κ2) is 4.83. The lowest BCUT2D eigenvalue weighted by molar-refractivity contribution is -0.111. The molecule has 0 bridgehead atoms. The molecule has 2 rings (SSSR count). The summed E-state index contributed by atoms with van der Waals surface area (Å²) in [5, 5.41) is 10.0. The molecular weight excluding hydrogens is 320 g/mol. The van der Waals surface area contributed by atoms with Crippen LogP contribution in [-0.2, 0) is 0 Å². The van der Waals surface area contributed by atoms with Gasteiger partial charge < -0.3 is 10.0 Å². The van der Waals surface area contributed by atoms with E-state index in [0.29, 0.717) is 0 Å². The lowest BCUT2D eigenvalue weighted by Gasteiger charge is -2.49. The largest absolute Gasteiger partial charge is 0.386 e. The van der Waals surface area contributed by atoms with E-state index in [9.17, 15) is 18.7 Å². The first-order valence-electron chi connectivity index (χ1n) is 5.91. The minimum atomic E-state index is -0.960. The fourth-order valence-corrected chi connectivity index (χ4v) is 2.43. The summed E-state index contributed by atoms with van der Waals surface area (Å²) in [7, 11) is 0. The van der Waals surface area contributed by atoms with Gasteiger partial charge in [-0.1, -0.05) is 29.8 Å². The van der Waals surface area contributed by atoms with Crippen molar-refractivity contribution in [3.05, 3.63) is 33.8 Å². The molecular formula is C13H14BrF2NO2. The minimum Gasteiger partial charge on any atom is -0.386 e. The molecule has 1 aromatic rings. The first kappa shape index (κ1) is 14.4. The van der Waals surface area contributed by atoms with Crippen LogP contribution in [0.2, 0.25) is 0 Å². The SMILES string of the molecule is CC(C)C1(O)CN(C(=O)c2c(F)cc(Br)cc2F)C1. The van der Waals surface area contributed by atoms with E-state index < -0.39 is 28.7 Å². The van der Waals surface area contributed by atoms with Gasteiger partial charge in [0.1, 0.15) is 22.8 Å². The zero-order valence-corrected chi connectivity index (χ0v) is 12.2. The number of hydrogen-bond donors (Lipinski definition) is 1. The highest BCUT2D eigenvalue weighted by molar-refractivity contribution is 9.10. The summed E-state index contributed by atoms with van der Waals surface area (Å²) < 4.78 is 27.5. The van der Waals surface area contributed by atoms with Crippen molar-refractivity contribution in [1.82, 2.24) is 4.90 Å². The number of hydrogen-bond acceptors (Lipinski definition) is 2. The summed E-state index contributed by atoms with van der Waals surface area (Å²) >= 11 is 2.96. The Bertz CT molecular complexity index is 504. The monoisotopic (exact) mass is 333 g/mol. The highest BCUT2D eigenvalue weighted by Crippen LogP contribution is 2.31. The van der Waals surface area contributed by atoms with E-state index in [1.54, 1.807) is 0 Å². The molecule has 1 aliphatic rings. The highest BCUT2D eigenvalue weighted by Gasteiger charge is 2.46. The number of β-amino-alcohol motifs (C(OH)–C–C–N with tert-alkyl or cyclic N) is 1. The van der Waals surface area contributed by atoms with E-state index in [2.05, 4.69) is 15.9 Å². The van der Waals surface area contributed by atoms with Gasteiger partial charge in [0.2, 0.25) is 0 Å². The Kier molecular flexibility index (Phi) is 3.66. The van der Waals surface area contributed by atoms with Crippen LogP contribution < -0.4 is 0 Å². The maximum atomic E-state index is 13.7. The van der Waals surface area contributed by atoms with Gasteiger partial charge in [0.15, 0.2) is 0 Å². The Balaban J connectivity index is 2.20. The molecule has 1 heterocycles. The van der Waals surface area contributed by atoms with E-state index in [0.717, 1.165) is 12.1 Å². The molecule has 19 heavy (non-hydrogen) atoms. The smallest absolute Gasteiger partial charge is 0.260 e. The number of amides is 1. The Morgan fingerprint density at radius 3 is 2.26 bits per heavy atom. The molecule has 1 aliphatic heterocycles. The summed E-state index contributed by atoms with van der Waals surface area (Å²) in [5.74, 6) is -2.56. The van der Waals surface area contributed by atoms with Gasteiger partial charge in [0.25, 0.3) is 5.91 Å². The van der Waals surface area contributed by atoms with Gasteiger partial charge in [-0.15, -0.1) is 0 Å². The summed E-state index contributed by atoms with van der Waals surface area (Å²) in [6.45, 7) is 3.86. The van der Waals surface area contributed by atoms with E-state index in [4.69, 9.17) is 0 Å². The zero-order chi connectivity index (χ0) is 14.4. The maximum Gasteiger partial charge on any atom is 0.260 e. The van der Waals surface area contributed by atoms with E-state index >= 15 is 0 Å². The predicted octanol–water partition coefficient (Wildman–Crippen LogP) is 2.57. The van der Waals surface area contributed by atoms with E-state index in [1.807, 2.05) is 13.8 Å². The number of nitrogens with zero attached hydrogens (tertiary/aromatic N) is 1. The maximum absolute atomic E-state index is 13.7. The van der Waals surface area contributed by atoms with Crippen LogP contribution in [-0.4, -0.2) is 34.6 Å². The lowest BCUT2D eigenvalue weighted by Crippen LogP contribution is -2.66. The Morgan fingerprint density at radius 1 is 1.37 bits per heavy atom. The van der Waals surface area contributed by atoms with Crippen molar-refractivity contribution >= 4 is 21.8 Å². The molecule has 104 valence electrons. The van der Waals surface area contributed by atoms with Crippen LogP contribution in [0.4, 0.5) is 8.78 Å². The van der Waals surface area contributed by atoms with Crippen molar-refractivity contribution in [2.45, 2.75) is 19.4 Å². The standard InChI is InChI=1S/C13H14BrF2NO2/c1-7(2)13(19)5-17(6-13)12(18)11-9(15)3-8(14)4-10(11)16/h3-4,7,19H,5-6H2,1-2H3. The molecule has 1 fully saturated rings. The molecule has 0 unspecified atom stereocenters. The molecule has 0 atom stereocenters. The summed E-state index contributed by atoms with van der Waals surface area (Å²) in [6, 6.07) is 2.09. The van der Waals surface area contributed by atoms with Crippen LogP contribution in [0, 0.1) is 17.6 Å². The van der Waals surface area contributed by atoms with Gasteiger partial charge in [0, 0.05) is 4.47 Å². The van der Waals surface area contributed by atoms with Gasteiger partial charge in [-0.3, -0.25) is 4.79 Å². The fourth-order valence-electron chi connectivity index (χ4n) is 2.03. The number of benzene rings is 1. The number of rotatable bonds is 2. The van der Waals surface area contributed by atoms with Crippen LogP contribution in [0.25, 0.3) is 0 Å². The highest BCUT2D eigenvalue weighted by atomic mass is 79.9. The molecule has 1 aromatic carbocycles. The molecule has 1 amide bonds. The molecule has 6 heteroatoms. The first-order valence-corrected chi connectivity index (χ1v) is 6.70. The molecule has 1 saturated heterocycles. The normalized spacial score (nSPS) is 17.5. The Hall–Kier alpha value is -1.01. The third kappa shape index (κ3) is 2.51. The van der Waals surface area contributed by atoms with Crippen LogP contribution in [0.15, 0.2) is 16.6 Å². The van der Waals surface area contributed by atoms with Crippen molar-refractivity contribution in [1.29, 1.82) is 0 Å². The van der Waals surface area contributed by atoms with Gasteiger partial charge in [0.05, 0.1) is 13.1 Å². The van der Waals surface area contributed by atoms with Gasteiger partial charge in [-0.05, 0) is 18.1 Å². The molecule has 3 nitrogen and oxygen atoms in total. The second-order valence-corrected chi connectivity index (χ2v) is 6.08. The van der Waals surface area contributed by atoms with Gasteiger partial charge in [-0.2, -0.15) is 0 Å². The lowest BCUT2D eigenvalue weighted by atomic mass is 9.82. The Morgan fingerprint density at radius 2 is 1.84 bits per heavy atom. The molecule has 0 aromatic heterocycles. The number of halogens is 3. The van der Waals surface area contributed by atoms with Crippen LogP contribution in [0.1, 0.15) is 24.2 Å². The number of carbonyl (C=O) groups is 1. The predicted molar refractivity (Wildman–Crippen MR) is 69.7 cm³/mol. The molecule has 0 aliphatic carbocycles. The van der Waals surface area contributed by atoms with Crippen molar-refractivity contribution in [3.63, 3.8) is 0 Å². The van der Waals surface area contributed by atoms with Crippen molar-refractivity contribution < 1.29 is 18.7 Å². The number of carbonyl (C=O) groups excluding carboxylic acids is 1. The van der Waals surface area contributed by atoms with Gasteiger partial charge in [-0.25, -0.2) is 8.78 Å². The van der Waals surface area contributed by atoms with Crippen molar-refractivity contribution in [3.8, 4) is 0 Å². The minimum absolute atomic E-state index is 0.0174. The number of likely N-dealkylation sites (tertiary alicyclic amines) is 1. The second-order valence-electron chi connectivity index (χ2n) is 5.16. The number of aliphatic hydroxyl groups is 1. The summed E-state index contributed by atoms with van der Waals surface area (Å²) in [5.41, 5.74) is -1.54. The third-order valence-corrected chi connectivity index (χ3v) is 3.97. The van der Waals surface area contributed by atoms with Crippen LogP contribution >= 0.6 is 15.9 Å². The topological polar surface area (TPSA) is 40.5 Å². The molecule has 1 N–H and O–H groups in total. The average Bonchev–Trinajstić information content (AvgIpc) is 2.22. The fraction of sp³-hybridized carbons (Fsp3) is 0.462.